The zero-order valence-corrected chi connectivity index (χ0v) is 11.5. The molecule has 102 valence electrons. The summed E-state index contributed by atoms with van der Waals surface area (Å²) in [7, 11) is 0. The first kappa shape index (κ1) is 12.6. The summed E-state index contributed by atoms with van der Waals surface area (Å²) < 4.78 is 0. The van der Waals surface area contributed by atoms with Crippen molar-refractivity contribution >= 4 is 23.2 Å². The summed E-state index contributed by atoms with van der Waals surface area (Å²) in [6.07, 6.45) is 1.58. The van der Waals surface area contributed by atoms with Crippen LogP contribution in [-0.2, 0) is 4.79 Å². The van der Waals surface area contributed by atoms with Gasteiger partial charge in [-0.3, -0.25) is 9.59 Å². The molecule has 1 saturated heterocycles. The largest absolute Gasteiger partial charge is 0.338 e. The smallest absolute Gasteiger partial charge is 0.264 e. The molecule has 0 spiro atoms. The summed E-state index contributed by atoms with van der Waals surface area (Å²) in [4.78, 5) is 28.6. The maximum atomic E-state index is 12.2. The van der Waals surface area contributed by atoms with Gasteiger partial charge >= 0.3 is 0 Å². The normalized spacial score (nSPS) is 21.3. The minimum absolute atomic E-state index is 0.0516. The quantitative estimate of drug-likeness (QED) is 0.858. The van der Waals surface area contributed by atoms with Crippen LogP contribution in [0.25, 0.3) is 0 Å². The number of thiophene rings is 1. The first-order valence-electron chi connectivity index (χ1n) is 6.51. The van der Waals surface area contributed by atoms with Crippen LogP contribution < -0.4 is 5.73 Å². The van der Waals surface area contributed by atoms with Crippen molar-refractivity contribution in [3.05, 3.63) is 22.4 Å². The van der Waals surface area contributed by atoms with Crippen molar-refractivity contribution in [3.63, 3.8) is 0 Å². The fourth-order valence-corrected chi connectivity index (χ4v) is 3.02. The van der Waals surface area contributed by atoms with Crippen LogP contribution in [0, 0.1) is 0 Å². The topological polar surface area (TPSA) is 66.6 Å². The Morgan fingerprint density at radius 2 is 1.79 bits per heavy atom. The second-order valence-corrected chi connectivity index (χ2v) is 6.17. The Morgan fingerprint density at radius 1 is 1.16 bits per heavy atom. The van der Waals surface area contributed by atoms with Crippen LogP contribution in [-0.4, -0.2) is 53.3 Å². The van der Waals surface area contributed by atoms with E-state index in [0.717, 1.165) is 17.7 Å². The summed E-state index contributed by atoms with van der Waals surface area (Å²) in [5, 5.41) is 1.90. The summed E-state index contributed by atoms with van der Waals surface area (Å²) >= 11 is 1.45. The molecule has 1 aromatic rings. The lowest BCUT2D eigenvalue weighted by Crippen LogP contribution is -2.55. The molecule has 2 heterocycles. The molecular formula is C13H17N3O2S. The zero-order chi connectivity index (χ0) is 13.5. The van der Waals surface area contributed by atoms with E-state index in [1.165, 1.54) is 11.3 Å². The molecule has 19 heavy (non-hydrogen) atoms. The molecule has 0 atom stereocenters. The van der Waals surface area contributed by atoms with Crippen LogP contribution in [0.15, 0.2) is 17.5 Å². The summed E-state index contributed by atoms with van der Waals surface area (Å²) in [5.41, 5.74) is 5.33. The SMILES string of the molecule is NC1(C(=O)N2CCN(C(=O)c3cccs3)CC2)CC1. The number of hydrogen-bond donors (Lipinski definition) is 1. The molecule has 0 aromatic carbocycles. The van der Waals surface area contributed by atoms with E-state index in [1.54, 1.807) is 4.90 Å². The van der Waals surface area contributed by atoms with Gasteiger partial charge in [0.05, 0.1) is 10.4 Å². The Hall–Kier alpha value is -1.40. The van der Waals surface area contributed by atoms with E-state index in [-0.39, 0.29) is 11.8 Å². The number of amides is 2. The number of carbonyl (C=O) groups excluding carboxylic acids is 2. The molecule has 1 saturated carbocycles. The average molecular weight is 279 g/mol. The highest BCUT2D eigenvalue weighted by molar-refractivity contribution is 7.12. The van der Waals surface area contributed by atoms with Crippen molar-refractivity contribution in [2.24, 2.45) is 5.73 Å². The van der Waals surface area contributed by atoms with E-state index in [1.807, 2.05) is 22.4 Å². The van der Waals surface area contributed by atoms with Crippen LogP contribution >= 0.6 is 11.3 Å². The summed E-state index contributed by atoms with van der Waals surface area (Å²) in [6, 6.07) is 3.71. The Kier molecular flexibility index (Phi) is 3.06. The van der Waals surface area contributed by atoms with E-state index in [0.29, 0.717) is 26.2 Å². The van der Waals surface area contributed by atoms with Crippen LogP contribution in [0.3, 0.4) is 0 Å². The van der Waals surface area contributed by atoms with Gasteiger partial charge in [0.15, 0.2) is 0 Å². The Balaban J connectivity index is 1.58. The van der Waals surface area contributed by atoms with E-state index < -0.39 is 5.54 Å². The van der Waals surface area contributed by atoms with Gasteiger partial charge in [-0.05, 0) is 24.3 Å². The van der Waals surface area contributed by atoms with Crippen LogP contribution in [0.2, 0.25) is 0 Å². The molecule has 2 aliphatic rings. The van der Waals surface area contributed by atoms with Crippen molar-refractivity contribution in [1.29, 1.82) is 0 Å². The fourth-order valence-electron chi connectivity index (χ4n) is 2.33. The molecule has 5 nitrogen and oxygen atoms in total. The van der Waals surface area contributed by atoms with Gasteiger partial charge in [-0.2, -0.15) is 0 Å². The van der Waals surface area contributed by atoms with Gasteiger partial charge in [-0.1, -0.05) is 6.07 Å². The molecule has 1 aliphatic carbocycles. The summed E-state index contributed by atoms with van der Waals surface area (Å²) in [6.45, 7) is 2.38. The molecule has 6 heteroatoms. The van der Waals surface area contributed by atoms with Gasteiger partial charge in [0.2, 0.25) is 5.91 Å². The maximum Gasteiger partial charge on any atom is 0.264 e. The van der Waals surface area contributed by atoms with Crippen LogP contribution in [0.4, 0.5) is 0 Å². The van der Waals surface area contributed by atoms with Crippen molar-refractivity contribution in [2.75, 3.05) is 26.2 Å². The van der Waals surface area contributed by atoms with Crippen molar-refractivity contribution in [3.8, 4) is 0 Å². The molecule has 2 amide bonds. The predicted octanol–water partition coefficient (Wildman–Crippen LogP) is 0.524. The van der Waals surface area contributed by atoms with Crippen molar-refractivity contribution in [1.82, 2.24) is 9.80 Å². The van der Waals surface area contributed by atoms with Gasteiger partial charge in [0.25, 0.3) is 5.91 Å². The number of nitrogens with zero attached hydrogens (tertiary/aromatic N) is 2. The molecule has 2 fully saturated rings. The molecular weight excluding hydrogens is 262 g/mol. The standard InChI is InChI=1S/C13H17N3O2S/c14-13(3-4-13)12(18)16-7-5-15(6-8-16)11(17)10-2-1-9-19-10/h1-2,9H,3-8,14H2. The first-order chi connectivity index (χ1) is 9.10. The van der Waals surface area contributed by atoms with E-state index in [4.69, 9.17) is 5.73 Å². The third-order valence-corrected chi connectivity index (χ3v) is 4.66. The lowest BCUT2D eigenvalue weighted by Gasteiger charge is -2.35. The van der Waals surface area contributed by atoms with Gasteiger partial charge in [-0.15, -0.1) is 11.3 Å². The van der Waals surface area contributed by atoms with E-state index >= 15 is 0 Å². The third-order valence-electron chi connectivity index (χ3n) is 3.80. The molecule has 0 radical (unpaired) electrons. The van der Waals surface area contributed by atoms with Gasteiger partial charge in [0.1, 0.15) is 0 Å². The Bertz CT molecular complexity index is 488. The van der Waals surface area contributed by atoms with Crippen LogP contribution in [0.5, 0.6) is 0 Å². The van der Waals surface area contributed by atoms with Crippen LogP contribution in [0.1, 0.15) is 22.5 Å². The van der Waals surface area contributed by atoms with Gasteiger partial charge in [-0.25, -0.2) is 0 Å². The molecule has 1 aromatic heterocycles. The molecule has 2 N–H and O–H groups in total. The summed E-state index contributed by atoms with van der Waals surface area (Å²) in [5.74, 6) is 0.117. The minimum Gasteiger partial charge on any atom is -0.338 e. The second-order valence-electron chi connectivity index (χ2n) is 5.22. The maximum absolute atomic E-state index is 12.2. The average Bonchev–Trinajstić information content (AvgIpc) is 2.97. The molecule has 0 unspecified atom stereocenters. The lowest BCUT2D eigenvalue weighted by molar-refractivity contribution is -0.135. The highest BCUT2D eigenvalue weighted by atomic mass is 32.1. The first-order valence-corrected chi connectivity index (χ1v) is 7.39. The molecule has 1 aliphatic heterocycles. The molecule has 0 bridgehead atoms. The number of hydrogen-bond acceptors (Lipinski definition) is 4. The Morgan fingerprint density at radius 3 is 2.32 bits per heavy atom. The third kappa shape index (κ3) is 2.37. The lowest BCUT2D eigenvalue weighted by atomic mass is 10.2. The number of piperazine rings is 1. The highest BCUT2D eigenvalue weighted by Gasteiger charge is 2.48. The van der Waals surface area contributed by atoms with E-state index in [9.17, 15) is 9.59 Å². The fraction of sp³-hybridized carbons (Fsp3) is 0.538. The van der Waals surface area contributed by atoms with E-state index in [2.05, 4.69) is 0 Å². The van der Waals surface area contributed by atoms with Gasteiger partial charge < -0.3 is 15.5 Å². The number of carbonyl (C=O) groups is 2. The highest BCUT2D eigenvalue weighted by Crippen LogP contribution is 2.34. The Labute approximate surface area is 116 Å². The van der Waals surface area contributed by atoms with Crippen molar-refractivity contribution < 1.29 is 9.59 Å². The minimum atomic E-state index is -0.597. The number of nitrogens with two attached hydrogens (primary N) is 1. The van der Waals surface area contributed by atoms with Crippen molar-refractivity contribution in [2.45, 2.75) is 18.4 Å². The monoisotopic (exact) mass is 279 g/mol. The predicted molar refractivity (Wildman–Crippen MR) is 73.0 cm³/mol. The zero-order valence-electron chi connectivity index (χ0n) is 10.7. The molecule has 3 rings (SSSR count). The second kappa shape index (κ2) is 4.61. The van der Waals surface area contributed by atoms with Gasteiger partial charge in [0, 0.05) is 26.2 Å². The number of rotatable bonds is 2.